The molecule has 0 spiro atoms. The zero-order valence-electron chi connectivity index (χ0n) is 11.4. The van der Waals surface area contributed by atoms with Crippen LogP contribution in [0, 0.1) is 0 Å². The first kappa shape index (κ1) is 14.3. The number of halogens is 1. The molecule has 102 valence electrons. The van der Waals surface area contributed by atoms with Crippen LogP contribution in [0.4, 0.5) is 0 Å². The van der Waals surface area contributed by atoms with Crippen LogP contribution >= 0.6 is 15.9 Å². The maximum absolute atomic E-state index is 12.2. The van der Waals surface area contributed by atoms with Gasteiger partial charge in [0.25, 0.3) is 0 Å². The van der Waals surface area contributed by atoms with Gasteiger partial charge >= 0.3 is 0 Å². The number of rotatable bonds is 4. The number of carbonyl (C=O) groups excluding carboxylic acids is 1. The number of amides is 1. The van der Waals surface area contributed by atoms with Crippen molar-refractivity contribution in [3.63, 3.8) is 0 Å². The zero-order valence-corrected chi connectivity index (χ0v) is 12.9. The summed E-state index contributed by atoms with van der Waals surface area (Å²) in [6.45, 7) is 0.660. The van der Waals surface area contributed by atoms with Crippen molar-refractivity contribution in [2.75, 3.05) is 7.05 Å². The third-order valence-corrected chi connectivity index (χ3v) is 4.33. The van der Waals surface area contributed by atoms with E-state index in [1.165, 1.54) is 18.4 Å². The molecule has 0 saturated carbocycles. The number of allylic oxidation sites excluding steroid dienone is 1. The van der Waals surface area contributed by atoms with Crippen LogP contribution in [0.25, 0.3) is 0 Å². The van der Waals surface area contributed by atoms with E-state index in [0.29, 0.717) is 13.0 Å². The quantitative estimate of drug-likeness (QED) is 0.757. The second kappa shape index (κ2) is 6.90. The molecule has 1 amide bonds. The van der Waals surface area contributed by atoms with E-state index in [9.17, 15) is 4.79 Å². The Labute approximate surface area is 123 Å². The minimum atomic E-state index is 0.212. The molecule has 3 heteroatoms. The number of hydrogen-bond donors (Lipinski definition) is 0. The van der Waals surface area contributed by atoms with Crippen molar-refractivity contribution in [1.82, 2.24) is 4.90 Å². The van der Waals surface area contributed by atoms with Gasteiger partial charge in [-0.15, -0.1) is 0 Å². The SMILES string of the molecule is CN(Cc1ccccc1Br)C(=O)CC1=CCCCC1. The van der Waals surface area contributed by atoms with E-state index in [0.717, 1.165) is 22.9 Å². The largest absolute Gasteiger partial charge is 0.341 e. The Morgan fingerprint density at radius 2 is 2.11 bits per heavy atom. The van der Waals surface area contributed by atoms with Crippen molar-refractivity contribution in [2.24, 2.45) is 0 Å². The first-order valence-corrected chi connectivity index (χ1v) is 7.61. The number of hydrogen-bond acceptors (Lipinski definition) is 1. The lowest BCUT2D eigenvalue weighted by atomic mass is 9.97. The molecule has 0 bridgehead atoms. The second-order valence-corrected chi connectivity index (χ2v) is 5.98. The Balaban J connectivity index is 1.92. The molecule has 0 heterocycles. The molecule has 0 N–H and O–H groups in total. The summed E-state index contributed by atoms with van der Waals surface area (Å²) in [4.78, 5) is 14.0. The van der Waals surface area contributed by atoms with Crippen molar-refractivity contribution in [2.45, 2.75) is 38.6 Å². The summed E-state index contributed by atoms with van der Waals surface area (Å²) in [5, 5.41) is 0. The van der Waals surface area contributed by atoms with E-state index in [1.54, 1.807) is 0 Å². The molecular formula is C16H20BrNO. The molecule has 2 nitrogen and oxygen atoms in total. The van der Waals surface area contributed by atoms with E-state index in [-0.39, 0.29) is 5.91 Å². The van der Waals surface area contributed by atoms with E-state index in [4.69, 9.17) is 0 Å². The Kier molecular flexibility index (Phi) is 5.20. The van der Waals surface area contributed by atoms with Gasteiger partial charge in [-0.25, -0.2) is 0 Å². The van der Waals surface area contributed by atoms with Crippen LogP contribution in [0.2, 0.25) is 0 Å². The number of nitrogens with zero attached hydrogens (tertiary/aromatic N) is 1. The summed E-state index contributed by atoms with van der Waals surface area (Å²) in [6.07, 6.45) is 7.55. The third-order valence-electron chi connectivity index (χ3n) is 3.55. The lowest BCUT2D eigenvalue weighted by molar-refractivity contribution is -0.129. The lowest BCUT2D eigenvalue weighted by Crippen LogP contribution is -2.26. The summed E-state index contributed by atoms with van der Waals surface area (Å²) in [5.41, 5.74) is 2.46. The van der Waals surface area contributed by atoms with Gasteiger partial charge in [-0.05, 0) is 37.3 Å². The molecule has 0 atom stereocenters. The minimum absolute atomic E-state index is 0.212. The van der Waals surface area contributed by atoms with Crippen LogP contribution in [0.3, 0.4) is 0 Å². The summed E-state index contributed by atoms with van der Waals surface area (Å²) < 4.78 is 1.06. The maximum atomic E-state index is 12.2. The molecule has 0 fully saturated rings. The van der Waals surface area contributed by atoms with Crippen LogP contribution in [-0.4, -0.2) is 17.9 Å². The van der Waals surface area contributed by atoms with Crippen LogP contribution in [0.1, 0.15) is 37.7 Å². The Morgan fingerprint density at radius 1 is 1.32 bits per heavy atom. The molecule has 0 unspecified atom stereocenters. The summed E-state index contributed by atoms with van der Waals surface area (Å²) in [5.74, 6) is 0.212. The summed E-state index contributed by atoms with van der Waals surface area (Å²) in [7, 11) is 1.88. The van der Waals surface area contributed by atoms with Crippen molar-refractivity contribution in [3.8, 4) is 0 Å². The zero-order chi connectivity index (χ0) is 13.7. The topological polar surface area (TPSA) is 20.3 Å². The van der Waals surface area contributed by atoms with Crippen LogP contribution in [-0.2, 0) is 11.3 Å². The van der Waals surface area contributed by atoms with Crippen LogP contribution in [0.15, 0.2) is 40.4 Å². The van der Waals surface area contributed by atoms with E-state index in [1.807, 2.05) is 36.2 Å². The monoisotopic (exact) mass is 321 g/mol. The second-order valence-electron chi connectivity index (χ2n) is 5.13. The molecule has 0 saturated heterocycles. The van der Waals surface area contributed by atoms with Crippen molar-refractivity contribution < 1.29 is 4.79 Å². The van der Waals surface area contributed by atoms with Crippen molar-refractivity contribution in [3.05, 3.63) is 46.0 Å². The van der Waals surface area contributed by atoms with E-state index in [2.05, 4.69) is 22.0 Å². The average Bonchev–Trinajstić information content (AvgIpc) is 2.42. The molecule has 1 aromatic carbocycles. The number of benzene rings is 1. The van der Waals surface area contributed by atoms with Gasteiger partial charge in [0.15, 0.2) is 0 Å². The normalized spacial score (nSPS) is 14.9. The molecular weight excluding hydrogens is 302 g/mol. The predicted octanol–water partition coefficient (Wildman–Crippen LogP) is 4.30. The van der Waals surface area contributed by atoms with Gasteiger partial charge < -0.3 is 4.90 Å². The highest BCUT2D eigenvalue weighted by atomic mass is 79.9. The van der Waals surface area contributed by atoms with Gasteiger partial charge in [-0.2, -0.15) is 0 Å². The Hall–Kier alpha value is -1.09. The fourth-order valence-electron chi connectivity index (χ4n) is 2.36. The molecule has 0 radical (unpaired) electrons. The molecule has 19 heavy (non-hydrogen) atoms. The van der Waals surface area contributed by atoms with Gasteiger partial charge in [-0.1, -0.05) is 45.8 Å². The van der Waals surface area contributed by atoms with Gasteiger partial charge in [-0.3, -0.25) is 4.79 Å². The van der Waals surface area contributed by atoms with Gasteiger partial charge in [0.05, 0.1) is 0 Å². The highest BCUT2D eigenvalue weighted by Crippen LogP contribution is 2.22. The minimum Gasteiger partial charge on any atom is -0.341 e. The molecule has 1 aliphatic carbocycles. The van der Waals surface area contributed by atoms with Gasteiger partial charge in [0.2, 0.25) is 5.91 Å². The third kappa shape index (κ3) is 4.20. The standard InChI is InChI=1S/C16H20BrNO/c1-18(12-14-9-5-6-10-15(14)17)16(19)11-13-7-3-2-4-8-13/h5-7,9-10H,2-4,8,11-12H2,1H3. The molecule has 1 aliphatic rings. The lowest BCUT2D eigenvalue weighted by Gasteiger charge is -2.20. The van der Waals surface area contributed by atoms with Gasteiger partial charge in [0.1, 0.15) is 0 Å². The highest BCUT2D eigenvalue weighted by molar-refractivity contribution is 9.10. The smallest absolute Gasteiger partial charge is 0.226 e. The predicted molar refractivity (Wildman–Crippen MR) is 81.8 cm³/mol. The van der Waals surface area contributed by atoms with E-state index < -0.39 is 0 Å². The molecule has 0 aromatic heterocycles. The fraction of sp³-hybridized carbons (Fsp3) is 0.438. The average molecular weight is 322 g/mol. The van der Waals surface area contributed by atoms with Crippen LogP contribution in [0.5, 0.6) is 0 Å². The first-order chi connectivity index (χ1) is 9.16. The maximum Gasteiger partial charge on any atom is 0.226 e. The van der Waals surface area contributed by atoms with Crippen molar-refractivity contribution in [1.29, 1.82) is 0 Å². The summed E-state index contributed by atoms with van der Waals surface area (Å²) >= 11 is 3.52. The fourth-order valence-corrected chi connectivity index (χ4v) is 2.77. The van der Waals surface area contributed by atoms with Gasteiger partial charge in [0, 0.05) is 24.5 Å². The molecule has 1 aromatic rings. The number of carbonyl (C=O) groups is 1. The Morgan fingerprint density at radius 3 is 2.79 bits per heavy atom. The van der Waals surface area contributed by atoms with E-state index >= 15 is 0 Å². The molecule has 2 rings (SSSR count). The van der Waals surface area contributed by atoms with Crippen LogP contribution < -0.4 is 0 Å². The van der Waals surface area contributed by atoms with Crippen molar-refractivity contribution >= 4 is 21.8 Å². The highest BCUT2D eigenvalue weighted by Gasteiger charge is 2.14. The molecule has 0 aliphatic heterocycles. The first-order valence-electron chi connectivity index (χ1n) is 6.82. The summed E-state index contributed by atoms with van der Waals surface area (Å²) in [6, 6.07) is 8.05. The Bertz CT molecular complexity index is 481.